The minimum atomic E-state index is -3.36. The molecule has 1 aromatic heterocycles. The Bertz CT molecular complexity index is 865. The molecular formula is C17H18N2O4S. The predicted octanol–water partition coefficient (Wildman–Crippen LogP) is 2.19. The van der Waals surface area contributed by atoms with Crippen LogP contribution in [-0.2, 0) is 21.2 Å². The molecule has 126 valence electrons. The topological polar surface area (TPSA) is 76.6 Å². The van der Waals surface area contributed by atoms with Gasteiger partial charge in [-0.3, -0.25) is 9.78 Å². The highest BCUT2D eigenvalue weighted by Crippen LogP contribution is 2.37. The number of pyridine rings is 1. The van der Waals surface area contributed by atoms with Crippen molar-refractivity contribution >= 4 is 21.4 Å². The summed E-state index contributed by atoms with van der Waals surface area (Å²) < 4.78 is 29.9. The summed E-state index contributed by atoms with van der Waals surface area (Å²) in [5.74, 6) is 0.304. The molecular weight excluding hydrogens is 328 g/mol. The van der Waals surface area contributed by atoms with Crippen LogP contribution in [0.5, 0.6) is 5.75 Å². The number of anilines is 1. The molecule has 1 atom stereocenters. The first-order chi connectivity index (χ1) is 11.4. The summed E-state index contributed by atoms with van der Waals surface area (Å²) in [4.78, 5) is 18.3. The smallest absolute Gasteiger partial charge is 0.268 e. The van der Waals surface area contributed by atoms with Crippen LogP contribution in [-0.4, -0.2) is 31.2 Å². The molecule has 1 aliphatic rings. The molecule has 0 saturated heterocycles. The van der Waals surface area contributed by atoms with Crippen molar-refractivity contribution in [2.75, 3.05) is 10.7 Å². The molecule has 1 aliphatic heterocycles. The standard InChI is InChI=1S/C17H18N2O4S/c1-3-24(21,22)14-4-5-16-15(10-14)19(17(20)12(2)23-16)11-13-6-8-18-9-7-13/h4-10,12H,3,11H2,1-2H3. The Labute approximate surface area is 141 Å². The fourth-order valence-electron chi connectivity index (χ4n) is 2.58. The summed E-state index contributed by atoms with van der Waals surface area (Å²) >= 11 is 0. The third-order valence-electron chi connectivity index (χ3n) is 3.97. The fraction of sp³-hybridized carbons (Fsp3) is 0.294. The van der Waals surface area contributed by atoms with Crippen LogP contribution in [0.25, 0.3) is 0 Å². The highest BCUT2D eigenvalue weighted by Gasteiger charge is 2.32. The predicted molar refractivity (Wildman–Crippen MR) is 89.7 cm³/mol. The Morgan fingerprint density at radius 3 is 2.58 bits per heavy atom. The second-order valence-corrected chi connectivity index (χ2v) is 7.85. The maximum atomic E-state index is 12.6. The van der Waals surface area contributed by atoms with E-state index in [9.17, 15) is 13.2 Å². The third-order valence-corrected chi connectivity index (χ3v) is 5.70. The zero-order valence-electron chi connectivity index (χ0n) is 13.5. The summed E-state index contributed by atoms with van der Waals surface area (Å²) in [6.07, 6.45) is 2.69. The molecule has 3 rings (SSSR count). The number of aromatic nitrogens is 1. The lowest BCUT2D eigenvalue weighted by atomic mass is 10.1. The molecule has 0 saturated carbocycles. The first-order valence-corrected chi connectivity index (χ1v) is 9.31. The maximum Gasteiger partial charge on any atom is 0.268 e. The summed E-state index contributed by atoms with van der Waals surface area (Å²) in [6.45, 7) is 3.60. The zero-order valence-corrected chi connectivity index (χ0v) is 14.3. The molecule has 2 aromatic rings. The molecule has 7 heteroatoms. The molecule has 2 heterocycles. The van der Waals surface area contributed by atoms with E-state index >= 15 is 0 Å². The molecule has 6 nitrogen and oxygen atoms in total. The Kier molecular flexibility index (Phi) is 4.28. The lowest BCUT2D eigenvalue weighted by molar-refractivity contribution is -0.125. The Hall–Kier alpha value is -2.41. The Balaban J connectivity index is 2.06. The molecule has 1 amide bonds. The first kappa shape index (κ1) is 16.4. The van der Waals surface area contributed by atoms with Crippen LogP contribution in [0.1, 0.15) is 19.4 Å². The third kappa shape index (κ3) is 2.99. The van der Waals surface area contributed by atoms with Crippen molar-refractivity contribution in [2.24, 2.45) is 0 Å². The van der Waals surface area contributed by atoms with E-state index in [1.54, 1.807) is 37.2 Å². The van der Waals surface area contributed by atoms with Crippen molar-refractivity contribution in [3.8, 4) is 5.75 Å². The number of sulfone groups is 1. The van der Waals surface area contributed by atoms with E-state index in [1.807, 2.05) is 12.1 Å². The van der Waals surface area contributed by atoms with Crippen molar-refractivity contribution in [2.45, 2.75) is 31.4 Å². The van der Waals surface area contributed by atoms with Gasteiger partial charge in [-0.15, -0.1) is 0 Å². The van der Waals surface area contributed by atoms with Crippen molar-refractivity contribution in [3.63, 3.8) is 0 Å². The molecule has 0 N–H and O–H groups in total. The number of amides is 1. The van der Waals surface area contributed by atoms with Gasteiger partial charge in [0.1, 0.15) is 5.75 Å². The number of carbonyl (C=O) groups is 1. The van der Waals surface area contributed by atoms with Gasteiger partial charge in [-0.25, -0.2) is 8.42 Å². The average Bonchev–Trinajstić information content (AvgIpc) is 2.59. The highest BCUT2D eigenvalue weighted by atomic mass is 32.2. The number of rotatable bonds is 4. The number of fused-ring (bicyclic) bond motifs is 1. The number of nitrogens with zero attached hydrogens (tertiary/aromatic N) is 2. The minimum Gasteiger partial charge on any atom is -0.479 e. The lowest BCUT2D eigenvalue weighted by Crippen LogP contribution is -2.44. The van der Waals surface area contributed by atoms with E-state index in [4.69, 9.17) is 4.74 Å². The van der Waals surface area contributed by atoms with Crippen LogP contribution in [0.2, 0.25) is 0 Å². The highest BCUT2D eigenvalue weighted by molar-refractivity contribution is 7.91. The van der Waals surface area contributed by atoms with E-state index in [2.05, 4.69) is 4.98 Å². The van der Waals surface area contributed by atoms with Gasteiger partial charge in [0.25, 0.3) is 5.91 Å². The molecule has 1 unspecified atom stereocenters. The SMILES string of the molecule is CCS(=O)(=O)c1ccc2c(c1)N(Cc1ccncc1)C(=O)C(C)O2. The Morgan fingerprint density at radius 2 is 1.92 bits per heavy atom. The van der Waals surface area contributed by atoms with E-state index in [0.29, 0.717) is 18.0 Å². The van der Waals surface area contributed by atoms with E-state index in [-0.39, 0.29) is 16.6 Å². The van der Waals surface area contributed by atoms with Crippen molar-refractivity contribution < 1.29 is 17.9 Å². The fourth-order valence-corrected chi connectivity index (χ4v) is 3.48. The van der Waals surface area contributed by atoms with Crippen LogP contribution in [0.4, 0.5) is 5.69 Å². The molecule has 1 aromatic carbocycles. The van der Waals surface area contributed by atoms with Gasteiger partial charge in [0.15, 0.2) is 15.9 Å². The second-order valence-electron chi connectivity index (χ2n) is 5.57. The average molecular weight is 346 g/mol. The number of ether oxygens (including phenoxy) is 1. The van der Waals surface area contributed by atoms with Crippen LogP contribution >= 0.6 is 0 Å². The van der Waals surface area contributed by atoms with Crippen LogP contribution < -0.4 is 9.64 Å². The number of hydrogen-bond donors (Lipinski definition) is 0. The monoisotopic (exact) mass is 346 g/mol. The normalized spacial score (nSPS) is 17.3. The van der Waals surface area contributed by atoms with Gasteiger partial charge in [0, 0.05) is 12.4 Å². The zero-order chi connectivity index (χ0) is 17.3. The number of benzene rings is 1. The van der Waals surface area contributed by atoms with Gasteiger partial charge >= 0.3 is 0 Å². The maximum absolute atomic E-state index is 12.6. The van der Waals surface area contributed by atoms with Gasteiger partial charge in [0.05, 0.1) is 22.9 Å². The molecule has 0 fully saturated rings. The largest absolute Gasteiger partial charge is 0.479 e. The summed E-state index contributed by atoms with van der Waals surface area (Å²) in [5, 5.41) is 0. The lowest BCUT2D eigenvalue weighted by Gasteiger charge is -2.33. The summed E-state index contributed by atoms with van der Waals surface area (Å²) in [5.41, 5.74) is 1.38. The molecule has 0 spiro atoms. The van der Waals surface area contributed by atoms with E-state index < -0.39 is 15.9 Å². The quantitative estimate of drug-likeness (QED) is 0.848. The van der Waals surface area contributed by atoms with Crippen molar-refractivity contribution in [1.29, 1.82) is 0 Å². The van der Waals surface area contributed by atoms with Gasteiger partial charge in [0.2, 0.25) is 0 Å². The van der Waals surface area contributed by atoms with Crippen LogP contribution in [0, 0.1) is 0 Å². The number of carbonyl (C=O) groups excluding carboxylic acids is 1. The second kappa shape index (κ2) is 6.24. The van der Waals surface area contributed by atoms with Crippen molar-refractivity contribution in [3.05, 3.63) is 48.3 Å². The Morgan fingerprint density at radius 1 is 1.21 bits per heavy atom. The summed E-state index contributed by atoms with van der Waals surface area (Å²) in [7, 11) is -3.36. The first-order valence-electron chi connectivity index (χ1n) is 7.66. The van der Waals surface area contributed by atoms with Crippen molar-refractivity contribution in [1.82, 2.24) is 4.98 Å². The van der Waals surface area contributed by atoms with E-state index in [1.165, 1.54) is 12.1 Å². The van der Waals surface area contributed by atoms with Gasteiger partial charge in [-0.05, 0) is 42.8 Å². The van der Waals surface area contributed by atoms with Crippen LogP contribution in [0.15, 0.2) is 47.6 Å². The van der Waals surface area contributed by atoms with Crippen LogP contribution in [0.3, 0.4) is 0 Å². The van der Waals surface area contributed by atoms with E-state index in [0.717, 1.165) is 5.56 Å². The minimum absolute atomic E-state index is 0.00134. The molecule has 0 radical (unpaired) electrons. The molecule has 24 heavy (non-hydrogen) atoms. The van der Waals surface area contributed by atoms with Gasteiger partial charge in [-0.1, -0.05) is 6.92 Å². The van der Waals surface area contributed by atoms with Gasteiger partial charge < -0.3 is 9.64 Å². The number of hydrogen-bond acceptors (Lipinski definition) is 5. The molecule has 0 bridgehead atoms. The van der Waals surface area contributed by atoms with Gasteiger partial charge in [-0.2, -0.15) is 0 Å². The molecule has 0 aliphatic carbocycles. The summed E-state index contributed by atoms with van der Waals surface area (Å²) in [6, 6.07) is 8.28.